The lowest BCUT2D eigenvalue weighted by Gasteiger charge is -2.21. The van der Waals surface area contributed by atoms with Crippen molar-refractivity contribution in [3.8, 4) is 0 Å². The van der Waals surface area contributed by atoms with Gasteiger partial charge in [0.05, 0.1) is 5.56 Å². The zero-order chi connectivity index (χ0) is 17.6. The van der Waals surface area contributed by atoms with E-state index >= 15 is 0 Å². The van der Waals surface area contributed by atoms with Crippen molar-refractivity contribution < 1.29 is 13.2 Å². The molecule has 1 aliphatic carbocycles. The molecule has 4 rings (SSSR count). The highest BCUT2D eigenvalue weighted by molar-refractivity contribution is 5.37. The predicted octanol–water partition coefficient (Wildman–Crippen LogP) is 4.43. The highest BCUT2D eigenvalue weighted by Gasteiger charge is 2.44. The van der Waals surface area contributed by atoms with Gasteiger partial charge in [-0.3, -0.25) is 0 Å². The predicted molar refractivity (Wildman–Crippen MR) is 89.4 cm³/mol. The number of benzene rings is 1. The van der Waals surface area contributed by atoms with Gasteiger partial charge in [-0.1, -0.05) is 18.2 Å². The lowest BCUT2D eigenvalue weighted by atomic mass is 9.91. The van der Waals surface area contributed by atoms with Crippen LogP contribution >= 0.6 is 0 Å². The molecule has 6 heteroatoms. The van der Waals surface area contributed by atoms with Gasteiger partial charge < -0.3 is 4.90 Å². The van der Waals surface area contributed by atoms with Crippen molar-refractivity contribution in [1.29, 1.82) is 0 Å². The third-order valence-electron chi connectivity index (χ3n) is 5.52. The highest BCUT2D eigenvalue weighted by atomic mass is 19.4. The molecule has 132 valence electrons. The fraction of sp³-hybridized carbons (Fsp3) is 0.474. The number of aromatic nitrogens is 2. The molecule has 25 heavy (non-hydrogen) atoms. The zero-order valence-corrected chi connectivity index (χ0v) is 14.0. The Bertz CT molecular complexity index is 761. The molecule has 0 radical (unpaired) electrons. The van der Waals surface area contributed by atoms with Gasteiger partial charge in [0.15, 0.2) is 0 Å². The Morgan fingerprint density at radius 1 is 1.04 bits per heavy atom. The fourth-order valence-electron chi connectivity index (χ4n) is 4.42. The minimum atomic E-state index is -4.28. The van der Waals surface area contributed by atoms with Gasteiger partial charge in [0.25, 0.3) is 0 Å². The Kier molecular flexibility index (Phi) is 3.93. The summed E-state index contributed by atoms with van der Waals surface area (Å²) in [6.07, 6.45) is -0.913. The number of hydrogen-bond acceptors (Lipinski definition) is 3. The third-order valence-corrected chi connectivity index (χ3v) is 5.52. The Morgan fingerprint density at radius 3 is 2.36 bits per heavy atom. The molecule has 1 aliphatic heterocycles. The number of nitrogens with zero attached hydrogens (tertiary/aromatic N) is 3. The lowest BCUT2D eigenvalue weighted by molar-refractivity contribution is -0.138. The standard InChI is InChI=1S/C19H20F3N3/c1-12-6-7-23-18(24-12)25-10-14-8-13(9-15(14)11-25)16-4-2-3-5-17(16)19(20,21)22/h2-7,13-15H,8-11H2,1H3/t13-,14-,15+. The normalized spacial score (nSPS) is 26.1. The molecular weight excluding hydrogens is 327 g/mol. The monoisotopic (exact) mass is 347 g/mol. The highest BCUT2D eigenvalue weighted by Crippen LogP contribution is 2.49. The van der Waals surface area contributed by atoms with Gasteiger partial charge in [-0.2, -0.15) is 13.2 Å². The van der Waals surface area contributed by atoms with Crippen LogP contribution in [-0.4, -0.2) is 23.1 Å². The van der Waals surface area contributed by atoms with E-state index < -0.39 is 11.7 Å². The van der Waals surface area contributed by atoms with Gasteiger partial charge >= 0.3 is 6.18 Å². The first-order valence-corrected chi connectivity index (χ1v) is 8.62. The van der Waals surface area contributed by atoms with Gasteiger partial charge in [0, 0.05) is 25.0 Å². The first kappa shape index (κ1) is 16.4. The van der Waals surface area contributed by atoms with Crippen LogP contribution in [0.4, 0.5) is 19.1 Å². The van der Waals surface area contributed by atoms with Crippen LogP contribution in [0.1, 0.15) is 35.6 Å². The molecule has 1 aromatic carbocycles. The molecule has 3 nitrogen and oxygen atoms in total. The van der Waals surface area contributed by atoms with Crippen LogP contribution in [-0.2, 0) is 6.18 Å². The summed E-state index contributed by atoms with van der Waals surface area (Å²) in [5, 5.41) is 0. The number of rotatable bonds is 2. The summed E-state index contributed by atoms with van der Waals surface area (Å²) >= 11 is 0. The van der Waals surface area contributed by atoms with Crippen LogP contribution in [0, 0.1) is 18.8 Å². The number of anilines is 1. The topological polar surface area (TPSA) is 29.0 Å². The second-order valence-corrected chi connectivity index (χ2v) is 7.18. The van der Waals surface area contributed by atoms with Crippen LogP contribution in [0.15, 0.2) is 36.5 Å². The maximum absolute atomic E-state index is 13.3. The largest absolute Gasteiger partial charge is 0.416 e. The average Bonchev–Trinajstić information content (AvgIpc) is 3.13. The average molecular weight is 347 g/mol. The maximum Gasteiger partial charge on any atom is 0.416 e. The summed E-state index contributed by atoms with van der Waals surface area (Å²) in [6.45, 7) is 3.60. The number of fused-ring (bicyclic) bond motifs is 1. The van der Waals surface area contributed by atoms with E-state index in [0.717, 1.165) is 37.6 Å². The molecule has 2 heterocycles. The van der Waals surface area contributed by atoms with Crippen molar-refractivity contribution in [3.05, 3.63) is 53.3 Å². The molecule has 0 N–H and O–H groups in total. The number of aryl methyl sites for hydroxylation is 1. The van der Waals surface area contributed by atoms with E-state index in [-0.39, 0.29) is 5.92 Å². The number of hydrogen-bond donors (Lipinski definition) is 0. The Hall–Kier alpha value is -2.11. The van der Waals surface area contributed by atoms with Gasteiger partial charge in [0.2, 0.25) is 5.95 Å². The molecule has 2 aliphatic rings. The Balaban J connectivity index is 1.50. The molecule has 3 atom stereocenters. The van der Waals surface area contributed by atoms with Crippen molar-refractivity contribution >= 4 is 5.95 Å². The van der Waals surface area contributed by atoms with E-state index in [2.05, 4.69) is 14.9 Å². The van der Waals surface area contributed by atoms with Crippen LogP contribution in [0.2, 0.25) is 0 Å². The van der Waals surface area contributed by atoms with Crippen molar-refractivity contribution in [2.45, 2.75) is 31.9 Å². The van der Waals surface area contributed by atoms with E-state index in [9.17, 15) is 13.2 Å². The first-order valence-electron chi connectivity index (χ1n) is 8.62. The Morgan fingerprint density at radius 2 is 1.72 bits per heavy atom. The van der Waals surface area contributed by atoms with Gasteiger partial charge in [0.1, 0.15) is 0 Å². The molecule has 2 aromatic rings. The zero-order valence-electron chi connectivity index (χ0n) is 14.0. The summed E-state index contributed by atoms with van der Waals surface area (Å²) in [6, 6.07) is 7.90. The van der Waals surface area contributed by atoms with Crippen LogP contribution in [0.25, 0.3) is 0 Å². The SMILES string of the molecule is Cc1ccnc(N2C[C@H]3C[C@@H](c4ccccc4C(F)(F)F)C[C@H]3C2)n1. The summed E-state index contributed by atoms with van der Waals surface area (Å²) in [5.74, 6) is 1.56. The molecule has 1 aromatic heterocycles. The molecule has 0 amide bonds. The molecule has 2 fully saturated rings. The van der Waals surface area contributed by atoms with E-state index in [1.807, 2.05) is 13.0 Å². The van der Waals surface area contributed by atoms with Crippen LogP contribution in [0.3, 0.4) is 0 Å². The maximum atomic E-state index is 13.3. The van der Waals surface area contributed by atoms with Crippen molar-refractivity contribution in [3.63, 3.8) is 0 Å². The Labute approximate surface area is 144 Å². The van der Waals surface area contributed by atoms with E-state index in [1.165, 1.54) is 12.1 Å². The summed E-state index contributed by atoms with van der Waals surface area (Å²) in [4.78, 5) is 11.0. The third kappa shape index (κ3) is 3.10. The molecular formula is C19H20F3N3. The molecule has 0 bridgehead atoms. The van der Waals surface area contributed by atoms with Gasteiger partial charge in [-0.25, -0.2) is 9.97 Å². The minimum absolute atomic E-state index is 0.00611. The van der Waals surface area contributed by atoms with E-state index in [4.69, 9.17) is 0 Å². The van der Waals surface area contributed by atoms with Gasteiger partial charge in [-0.15, -0.1) is 0 Å². The lowest BCUT2D eigenvalue weighted by Crippen LogP contribution is -2.24. The smallest absolute Gasteiger partial charge is 0.340 e. The van der Waals surface area contributed by atoms with Gasteiger partial charge in [-0.05, 0) is 55.2 Å². The van der Waals surface area contributed by atoms with Crippen molar-refractivity contribution in [2.75, 3.05) is 18.0 Å². The summed E-state index contributed by atoms with van der Waals surface area (Å²) in [7, 11) is 0. The second kappa shape index (κ2) is 6.00. The minimum Gasteiger partial charge on any atom is -0.340 e. The first-order chi connectivity index (χ1) is 11.9. The summed E-state index contributed by atoms with van der Waals surface area (Å²) < 4.78 is 39.9. The van der Waals surface area contributed by atoms with E-state index in [0.29, 0.717) is 17.4 Å². The van der Waals surface area contributed by atoms with E-state index in [1.54, 1.807) is 18.3 Å². The number of alkyl halides is 3. The van der Waals surface area contributed by atoms with Crippen molar-refractivity contribution in [2.24, 2.45) is 11.8 Å². The molecule has 0 spiro atoms. The van der Waals surface area contributed by atoms with Crippen LogP contribution in [0.5, 0.6) is 0 Å². The van der Waals surface area contributed by atoms with Crippen LogP contribution < -0.4 is 4.90 Å². The van der Waals surface area contributed by atoms with Crippen molar-refractivity contribution in [1.82, 2.24) is 9.97 Å². The molecule has 1 saturated heterocycles. The second-order valence-electron chi connectivity index (χ2n) is 7.18. The number of halogens is 3. The fourth-order valence-corrected chi connectivity index (χ4v) is 4.42. The molecule has 1 saturated carbocycles. The summed E-state index contributed by atoms with van der Waals surface area (Å²) in [5.41, 5.74) is 0.917. The molecule has 0 unspecified atom stereocenters. The quantitative estimate of drug-likeness (QED) is 0.804.